The fourth-order valence-electron chi connectivity index (χ4n) is 3.36. The van der Waals surface area contributed by atoms with Gasteiger partial charge in [-0.25, -0.2) is 0 Å². The summed E-state index contributed by atoms with van der Waals surface area (Å²) in [6.45, 7) is 2.70. The van der Waals surface area contributed by atoms with Crippen molar-refractivity contribution in [1.82, 2.24) is 5.32 Å². The number of benzene rings is 2. The lowest BCUT2D eigenvalue weighted by molar-refractivity contribution is 0.259. The van der Waals surface area contributed by atoms with Crippen LogP contribution in [-0.4, -0.2) is 12.5 Å². The van der Waals surface area contributed by atoms with E-state index in [-0.39, 0.29) is 0 Å². The molecule has 0 saturated carbocycles. The van der Waals surface area contributed by atoms with Crippen LogP contribution in [0.15, 0.2) is 42.5 Å². The van der Waals surface area contributed by atoms with Gasteiger partial charge in [0.2, 0.25) is 5.85 Å². The Kier molecular flexibility index (Phi) is 3.49. The van der Waals surface area contributed by atoms with Crippen molar-refractivity contribution < 1.29 is 4.74 Å². The van der Waals surface area contributed by atoms with Gasteiger partial charge in [-0.05, 0) is 48.6 Å². The van der Waals surface area contributed by atoms with Gasteiger partial charge in [-0.2, -0.15) is 0 Å². The number of nitrogens with one attached hydrogen (secondary N) is 3. The van der Waals surface area contributed by atoms with E-state index >= 15 is 0 Å². The second kappa shape index (κ2) is 5.53. The molecule has 5 heteroatoms. The van der Waals surface area contributed by atoms with Crippen LogP contribution in [0, 0.1) is 6.92 Å². The second-order valence-corrected chi connectivity index (χ2v) is 6.37. The minimum Gasteiger partial charge on any atom is -0.341 e. The van der Waals surface area contributed by atoms with Gasteiger partial charge >= 0.3 is 0 Å². The summed E-state index contributed by atoms with van der Waals surface area (Å²) in [7, 11) is 0. The van der Waals surface area contributed by atoms with Gasteiger partial charge in [-0.1, -0.05) is 30.3 Å². The number of ether oxygens (including phenoxy) is 1. The molecule has 2 aromatic rings. The van der Waals surface area contributed by atoms with Crippen molar-refractivity contribution in [3.05, 3.63) is 59.2 Å². The highest BCUT2D eigenvalue weighted by atomic mass is 16.6. The first kappa shape index (κ1) is 14.5. The Labute approximate surface area is 136 Å². The highest BCUT2D eigenvalue weighted by Gasteiger charge is 2.47. The van der Waals surface area contributed by atoms with Crippen LogP contribution in [0.3, 0.4) is 0 Å². The van der Waals surface area contributed by atoms with Gasteiger partial charge in [0.1, 0.15) is 6.61 Å². The summed E-state index contributed by atoms with van der Waals surface area (Å²) in [5, 5.41) is 7.11. The lowest BCUT2D eigenvalue weighted by Gasteiger charge is -2.24. The number of hydrazine groups is 1. The first-order valence-corrected chi connectivity index (χ1v) is 8.04. The average Bonchev–Trinajstić information content (AvgIpc) is 3.19. The molecule has 5 N–H and O–H groups in total. The van der Waals surface area contributed by atoms with Crippen molar-refractivity contribution in [3.63, 3.8) is 0 Å². The molecule has 1 aliphatic heterocycles. The minimum absolute atomic E-state index is 0.320. The Hall–Kier alpha value is -2.08. The van der Waals surface area contributed by atoms with E-state index in [0.717, 1.165) is 24.2 Å². The maximum absolute atomic E-state index is 5.73. The molecular formula is C18H22N4O. The molecular weight excluding hydrogens is 288 g/mol. The number of nitrogen functional groups attached to an aromatic ring is 1. The SMILES string of the molecule is Cc1ccc(NN)c(NC2(NC3CCc4ccccc43)CO2)c1. The number of fused-ring (bicyclic) bond motifs is 1. The van der Waals surface area contributed by atoms with E-state index in [9.17, 15) is 0 Å². The van der Waals surface area contributed by atoms with E-state index in [4.69, 9.17) is 10.6 Å². The van der Waals surface area contributed by atoms with Gasteiger partial charge in [0.25, 0.3) is 0 Å². The zero-order valence-corrected chi connectivity index (χ0v) is 13.2. The largest absolute Gasteiger partial charge is 0.341 e. The van der Waals surface area contributed by atoms with Crippen molar-refractivity contribution in [2.45, 2.75) is 31.7 Å². The van der Waals surface area contributed by atoms with E-state index in [1.54, 1.807) is 0 Å². The smallest absolute Gasteiger partial charge is 0.220 e. The van der Waals surface area contributed by atoms with Gasteiger partial charge in [0.05, 0.1) is 11.4 Å². The van der Waals surface area contributed by atoms with Gasteiger partial charge in [0.15, 0.2) is 0 Å². The zero-order chi connectivity index (χ0) is 15.9. The molecule has 4 rings (SSSR count). The highest BCUT2D eigenvalue weighted by Crippen LogP contribution is 2.37. The number of hydrogen-bond acceptors (Lipinski definition) is 5. The number of anilines is 2. The summed E-state index contributed by atoms with van der Waals surface area (Å²) in [5.74, 6) is 5.12. The molecule has 0 aromatic heterocycles. The fourth-order valence-corrected chi connectivity index (χ4v) is 3.36. The standard InChI is InChI=1S/C18H22N4O/c1-12-6-8-16(22-19)17(10-12)21-18(11-23-18)20-15-9-7-13-4-2-3-5-14(13)15/h2-6,8,10,15,20-22H,7,9,11,19H2,1H3. The lowest BCUT2D eigenvalue weighted by Crippen LogP contribution is -2.42. The quantitative estimate of drug-likeness (QED) is 0.296. The molecule has 1 aliphatic carbocycles. The number of epoxide rings is 1. The Morgan fingerprint density at radius 3 is 2.78 bits per heavy atom. The molecule has 120 valence electrons. The minimum atomic E-state index is -0.499. The van der Waals surface area contributed by atoms with Crippen LogP contribution in [0.2, 0.25) is 0 Å². The van der Waals surface area contributed by atoms with Crippen LogP contribution in [0.1, 0.15) is 29.2 Å². The van der Waals surface area contributed by atoms with Crippen LogP contribution >= 0.6 is 0 Å². The van der Waals surface area contributed by atoms with Gasteiger partial charge in [0, 0.05) is 6.04 Å². The molecule has 1 fully saturated rings. The van der Waals surface area contributed by atoms with Crippen LogP contribution < -0.4 is 21.9 Å². The van der Waals surface area contributed by atoms with Gasteiger partial charge in [-0.15, -0.1) is 0 Å². The maximum atomic E-state index is 5.73. The molecule has 2 unspecified atom stereocenters. The Bertz CT molecular complexity index is 727. The third kappa shape index (κ3) is 2.79. The number of aryl methyl sites for hydroxylation is 2. The third-order valence-electron chi connectivity index (χ3n) is 4.64. The molecule has 0 spiro atoms. The molecule has 23 heavy (non-hydrogen) atoms. The molecule has 1 heterocycles. The van der Waals surface area contributed by atoms with E-state index in [1.807, 2.05) is 12.1 Å². The zero-order valence-electron chi connectivity index (χ0n) is 13.2. The summed E-state index contributed by atoms with van der Waals surface area (Å²) in [6, 6.07) is 15.0. The summed E-state index contributed by atoms with van der Waals surface area (Å²) in [4.78, 5) is 0. The molecule has 0 bridgehead atoms. The number of nitrogens with two attached hydrogens (primary N) is 1. The Balaban J connectivity index is 1.53. The van der Waals surface area contributed by atoms with E-state index in [2.05, 4.69) is 53.3 Å². The topological polar surface area (TPSA) is 74.6 Å². The van der Waals surface area contributed by atoms with Crippen molar-refractivity contribution in [2.75, 3.05) is 17.3 Å². The van der Waals surface area contributed by atoms with Crippen LogP contribution in [0.5, 0.6) is 0 Å². The van der Waals surface area contributed by atoms with Gasteiger partial charge in [-0.3, -0.25) is 11.2 Å². The molecule has 0 radical (unpaired) electrons. The number of rotatable bonds is 5. The summed E-state index contributed by atoms with van der Waals surface area (Å²) >= 11 is 0. The first-order valence-electron chi connectivity index (χ1n) is 8.04. The normalized spacial score (nSPS) is 25.0. The van der Waals surface area contributed by atoms with Crippen molar-refractivity contribution in [1.29, 1.82) is 0 Å². The van der Waals surface area contributed by atoms with Crippen molar-refractivity contribution >= 4 is 11.4 Å². The molecule has 2 atom stereocenters. The fraction of sp³-hybridized carbons (Fsp3) is 0.333. The third-order valence-corrected chi connectivity index (χ3v) is 4.64. The van der Waals surface area contributed by atoms with Crippen LogP contribution in [0.4, 0.5) is 11.4 Å². The van der Waals surface area contributed by atoms with Crippen LogP contribution in [-0.2, 0) is 11.2 Å². The van der Waals surface area contributed by atoms with Gasteiger partial charge < -0.3 is 15.5 Å². The number of hydrogen-bond donors (Lipinski definition) is 4. The molecule has 0 amide bonds. The first-order chi connectivity index (χ1) is 11.2. The predicted molar refractivity (Wildman–Crippen MR) is 91.9 cm³/mol. The predicted octanol–water partition coefficient (Wildman–Crippen LogP) is 2.65. The highest BCUT2D eigenvalue weighted by molar-refractivity contribution is 5.70. The van der Waals surface area contributed by atoms with Crippen molar-refractivity contribution in [2.24, 2.45) is 5.84 Å². The van der Waals surface area contributed by atoms with Crippen molar-refractivity contribution in [3.8, 4) is 0 Å². The van der Waals surface area contributed by atoms with E-state index in [0.29, 0.717) is 12.6 Å². The Morgan fingerprint density at radius 2 is 2.00 bits per heavy atom. The maximum Gasteiger partial charge on any atom is 0.220 e. The average molecular weight is 310 g/mol. The molecule has 2 aromatic carbocycles. The monoisotopic (exact) mass is 310 g/mol. The second-order valence-electron chi connectivity index (χ2n) is 6.37. The molecule has 2 aliphatic rings. The summed E-state index contributed by atoms with van der Waals surface area (Å²) < 4.78 is 5.73. The van der Waals surface area contributed by atoms with Crippen LogP contribution in [0.25, 0.3) is 0 Å². The molecule has 5 nitrogen and oxygen atoms in total. The lowest BCUT2D eigenvalue weighted by atomic mass is 10.1. The van der Waals surface area contributed by atoms with E-state index < -0.39 is 5.85 Å². The summed E-state index contributed by atoms with van der Waals surface area (Å²) in [5.41, 5.74) is 8.53. The summed E-state index contributed by atoms with van der Waals surface area (Å²) in [6.07, 6.45) is 2.21. The molecule has 1 saturated heterocycles. The van der Waals surface area contributed by atoms with E-state index in [1.165, 1.54) is 16.7 Å². The Morgan fingerprint density at radius 1 is 1.17 bits per heavy atom.